The summed E-state index contributed by atoms with van der Waals surface area (Å²) in [6.45, 7) is 1.44. The zero-order chi connectivity index (χ0) is 24.9. The Morgan fingerprint density at radius 1 is 0.972 bits per heavy atom. The number of carboxylic acid groups (broad SMARTS) is 1. The van der Waals surface area contributed by atoms with E-state index in [2.05, 4.69) is 24.3 Å². The van der Waals surface area contributed by atoms with Crippen molar-refractivity contribution in [3.63, 3.8) is 0 Å². The molecule has 7 unspecified atom stereocenters. The summed E-state index contributed by atoms with van der Waals surface area (Å²) in [5.41, 5.74) is 2.80. The molecule has 36 heavy (non-hydrogen) atoms. The molecule has 2 N–H and O–H groups in total. The molecule has 0 spiro atoms. The van der Waals surface area contributed by atoms with Crippen LogP contribution in [0.3, 0.4) is 0 Å². The van der Waals surface area contributed by atoms with Crippen molar-refractivity contribution >= 4 is 5.97 Å². The van der Waals surface area contributed by atoms with E-state index >= 15 is 0 Å². The molecule has 2 saturated heterocycles. The number of fused-ring (bicyclic) bond motifs is 1. The number of aliphatic hydroxyl groups is 1. The van der Waals surface area contributed by atoms with Crippen molar-refractivity contribution in [1.82, 2.24) is 0 Å². The molecule has 2 aliphatic heterocycles. The van der Waals surface area contributed by atoms with Crippen LogP contribution in [0, 0.1) is 17.8 Å². The highest BCUT2D eigenvalue weighted by Gasteiger charge is 2.45. The fourth-order valence-corrected chi connectivity index (χ4v) is 6.85. The van der Waals surface area contributed by atoms with Gasteiger partial charge in [-0.15, -0.1) is 0 Å². The second-order valence-corrected chi connectivity index (χ2v) is 11.2. The standard InChI is InChI=1S/C29H42O7/c30-24-18-26(36-29-10-4-6-14-34-29)22(23(24)17-27(31)32)11-12-25(35-28-9-3-5-13-33-28)21-15-19-7-1-2-8-20(19)16-21/h1-2,7-8,21-26,28-30H,3-6,9-18H2,(H,31,32). The fraction of sp³-hybridized carbons (Fsp3) is 0.759. The first-order chi connectivity index (χ1) is 17.6. The van der Waals surface area contributed by atoms with Gasteiger partial charge >= 0.3 is 5.97 Å². The summed E-state index contributed by atoms with van der Waals surface area (Å²) < 4.78 is 24.8. The molecule has 0 aromatic heterocycles. The van der Waals surface area contributed by atoms with Gasteiger partial charge in [-0.05, 0) is 87.2 Å². The van der Waals surface area contributed by atoms with Gasteiger partial charge in [-0.3, -0.25) is 4.79 Å². The van der Waals surface area contributed by atoms with E-state index < -0.39 is 12.1 Å². The van der Waals surface area contributed by atoms with Crippen LogP contribution in [0.4, 0.5) is 0 Å². The van der Waals surface area contributed by atoms with Crippen LogP contribution in [0.1, 0.15) is 75.3 Å². The average Bonchev–Trinajstić information content (AvgIpc) is 3.44. The smallest absolute Gasteiger partial charge is 0.303 e. The Balaban J connectivity index is 1.29. The first-order valence-electron chi connectivity index (χ1n) is 14.1. The zero-order valence-corrected chi connectivity index (χ0v) is 21.3. The normalized spacial score (nSPS) is 33.9. The molecule has 0 bridgehead atoms. The van der Waals surface area contributed by atoms with E-state index in [1.807, 2.05) is 0 Å². The summed E-state index contributed by atoms with van der Waals surface area (Å²) >= 11 is 0. The Morgan fingerprint density at radius 3 is 2.25 bits per heavy atom. The van der Waals surface area contributed by atoms with Crippen LogP contribution in [-0.2, 0) is 36.6 Å². The second kappa shape index (κ2) is 12.4. The molecule has 2 heterocycles. The predicted octanol–water partition coefficient (Wildman–Crippen LogP) is 4.48. The zero-order valence-electron chi connectivity index (χ0n) is 21.3. The summed E-state index contributed by atoms with van der Waals surface area (Å²) in [7, 11) is 0. The van der Waals surface area contributed by atoms with Gasteiger partial charge in [0.05, 0.1) is 24.7 Å². The lowest BCUT2D eigenvalue weighted by molar-refractivity contribution is -0.205. The second-order valence-electron chi connectivity index (χ2n) is 11.2. The van der Waals surface area contributed by atoms with E-state index in [0.717, 1.165) is 70.8 Å². The lowest BCUT2D eigenvalue weighted by Crippen LogP contribution is -2.35. The molecule has 200 valence electrons. The number of rotatable bonds is 10. The summed E-state index contributed by atoms with van der Waals surface area (Å²) in [5, 5.41) is 20.4. The molecule has 7 atom stereocenters. The minimum Gasteiger partial charge on any atom is -0.481 e. The maximum absolute atomic E-state index is 11.7. The molecule has 1 aromatic carbocycles. The van der Waals surface area contributed by atoms with Crippen LogP contribution >= 0.6 is 0 Å². The number of carbonyl (C=O) groups is 1. The highest BCUT2D eigenvalue weighted by molar-refractivity contribution is 5.67. The van der Waals surface area contributed by atoms with Crippen LogP contribution in [-0.4, -0.2) is 60.3 Å². The minimum absolute atomic E-state index is 0.0234. The third-order valence-corrected chi connectivity index (χ3v) is 8.73. The van der Waals surface area contributed by atoms with E-state index in [0.29, 0.717) is 18.9 Å². The molecule has 7 heteroatoms. The van der Waals surface area contributed by atoms with Gasteiger partial charge in [0.25, 0.3) is 0 Å². The first kappa shape index (κ1) is 26.1. The molecule has 5 rings (SSSR count). The Labute approximate surface area is 214 Å². The monoisotopic (exact) mass is 502 g/mol. The SMILES string of the molecule is O=C(O)CC1C(O)CC(OC2CCCCO2)C1CCC(OC1CCCCO1)C1Cc2ccccc2C1. The summed E-state index contributed by atoms with van der Waals surface area (Å²) in [4.78, 5) is 11.7. The van der Waals surface area contributed by atoms with E-state index in [-0.39, 0.29) is 43.0 Å². The van der Waals surface area contributed by atoms with Gasteiger partial charge in [0.15, 0.2) is 12.6 Å². The van der Waals surface area contributed by atoms with Gasteiger partial charge in [-0.25, -0.2) is 0 Å². The van der Waals surface area contributed by atoms with Crippen molar-refractivity contribution in [3.8, 4) is 0 Å². The summed E-state index contributed by atoms with van der Waals surface area (Å²) in [5.74, 6) is -0.848. The van der Waals surface area contributed by atoms with E-state index in [9.17, 15) is 15.0 Å². The van der Waals surface area contributed by atoms with Crippen LogP contribution in [0.15, 0.2) is 24.3 Å². The number of aliphatic carboxylic acids is 1. The molecule has 2 aliphatic carbocycles. The van der Waals surface area contributed by atoms with Gasteiger partial charge < -0.3 is 29.2 Å². The number of ether oxygens (including phenoxy) is 4. The minimum atomic E-state index is -0.867. The molecular formula is C29H42O7. The third kappa shape index (κ3) is 6.48. The molecule has 1 aromatic rings. The number of benzene rings is 1. The lowest BCUT2D eigenvalue weighted by Gasteiger charge is -2.34. The fourth-order valence-electron chi connectivity index (χ4n) is 6.85. The predicted molar refractivity (Wildman–Crippen MR) is 133 cm³/mol. The number of hydrogen-bond acceptors (Lipinski definition) is 6. The molecule has 3 fully saturated rings. The van der Waals surface area contributed by atoms with E-state index in [1.165, 1.54) is 11.1 Å². The maximum Gasteiger partial charge on any atom is 0.303 e. The van der Waals surface area contributed by atoms with Crippen molar-refractivity contribution in [2.75, 3.05) is 13.2 Å². The van der Waals surface area contributed by atoms with Crippen LogP contribution < -0.4 is 0 Å². The van der Waals surface area contributed by atoms with E-state index in [4.69, 9.17) is 18.9 Å². The van der Waals surface area contributed by atoms with Crippen LogP contribution in [0.5, 0.6) is 0 Å². The molecule has 0 amide bonds. The maximum atomic E-state index is 11.7. The molecule has 4 aliphatic rings. The number of aliphatic hydroxyl groups excluding tert-OH is 1. The van der Waals surface area contributed by atoms with Crippen LogP contribution in [0.25, 0.3) is 0 Å². The largest absolute Gasteiger partial charge is 0.481 e. The van der Waals surface area contributed by atoms with Crippen molar-refractivity contribution < 1.29 is 34.0 Å². The third-order valence-electron chi connectivity index (χ3n) is 8.73. The first-order valence-corrected chi connectivity index (χ1v) is 14.1. The van der Waals surface area contributed by atoms with Crippen molar-refractivity contribution in [2.24, 2.45) is 17.8 Å². The van der Waals surface area contributed by atoms with Crippen molar-refractivity contribution in [1.29, 1.82) is 0 Å². The topological polar surface area (TPSA) is 94.5 Å². The molecular weight excluding hydrogens is 460 g/mol. The molecule has 7 nitrogen and oxygen atoms in total. The number of carboxylic acids is 1. The van der Waals surface area contributed by atoms with E-state index in [1.54, 1.807) is 0 Å². The highest BCUT2D eigenvalue weighted by atomic mass is 16.7. The van der Waals surface area contributed by atoms with Gasteiger partial charge in [0.2, 0.25) is 0 Å². The van der Waals surface area contributed by atoms with Gasteiger partial charge in [0.1, 0.15) is 0 Å². The summed E-state index contributed by atoms with van der Waals surface area (Å²) in [6.07, 6.45) is 8.81. The Hall–Kier alpha value is -1.51. The van der Waals surface area contributed by atoms with Gasteiger partial charge in [0, 0.05) is 25.6 Å². The van der Waals surface area contributed by atoms with Crippen molar-refractivity contribution in [2.45, 2.75) is 108 Å². The Kier molecular flexibility index (Phi) is 8.96. The van der Waals surface area contributed by atoms with Gasteiger partial charge in [-0.2, -0.15) is 0 Å². The average molecular weight is 503 g/mol. The van der Waals surface area contributed by atoms with Gasteiger partial charge in [-0.1, -0.05) is 24.3 Å². The number of hydrogen-bond donors (Lipinski definition) is 2. The Bertz CT molecular complexity index is 823. The van der Waals surface area contributed by atoms with Crippen molar-refractivity contribution in [3.05, 3.63) is 35.4 Å². The quantitative estimate of drug-likeness (QED) is 0.487. The Morgan fingerprint density at radius 2 is 1.64 bits per heavy atom. The molecule has 0 radical (unpaired) electrons. The highest BCUT2D eigenvalue weighted by Crippen LogP contribution is 2.42. The lowest BCUT2D eigenvalue weighted by atomic mass is 9.84. The molecule has 1 saturated carbocycles. The van der Waals surface area contributed by atoms with Crippen LogP contribution in [0.2, 0.25) is 0 Å². The summed E-state index contributed by atoms with van der Waals surface area (Å²) in [6, 6.07) is 8.64.